The SMILES string of the molecule is CCOC1CC(NC(=O)C2=Cc3cc(F)ccc3OC2)C12CCC2. The smallest absolute Gasteiger partial charge is 0.250 e. The van der Waals surface area contributed by atoms with Gasteiger partial charge in [0.05, 0.1) is 11.7 Å². The lowest BCUT2D eigenvalue weighted by Gasteiger charge is -2.61. The molecular weight excluding hydrogens is 309 g/mol. The van der Waals surface area contributed by atoms with Gasteiger partial charge in [-0.05, 0) is 50.5 Å². The fourth-order valence-electron chi connectivity index (χ4n) is 4.17. The van der Waals surface area contributed by atoms with E-state index in [0.29, 0.717) is 23.5 Å². The molecule has 1 spiro atoms. The Balaban J connectivity index is 1.46. The fraction of sp³-hybridized carbons (Fsp3) is 0.526. The van der Waals surface area contributed by atoms with Crippen molar-refractivity contribution in [1.29, 1.82) is 0 Å². The Morgan fingerprint density at radius 3 is 3.00 bits per heavy atom. The molecule has 4 rings (SSSR count). The van der Waals surface area contributed by atoms with Gasteiger partial charge >= 0.3 is 0 Å². The summed E-state index contributed by atoms with van der Waals surface area (Å²) in [5.74, 6) is 0.168. The number of fused-ring (bicyclic) bond motifs is 1. The molecule has 0 saturated heterocycles. The van der Waals surface area contributed by atoms with Crippen LogP contribution in [-0.4, -0.2) is 31.3 Å². The van der Waals surface area contributed by atoms with Crippen LogP contribution in [0.3, 0.4) is 0 Å². The van der Waals surface area contributed by atoms with Gasteiger partial charge < -0.3 is 14.8 Å². The number of benzene rings is 1. The van der Waals surface area contributed by atoms with E-state index < -0.39 is 0 Å². The second kappa shape index (κ2) is 5.88. The Hall–Kier alpha value is -1.88. The molecule has 1 heterocycles. The predicted octanol–water partition coefficient (Wildman–Crippen LogP) is 3.07. The summed E-state index contributed by atoms with van der Waals surface area (Å²) in [6, 6.07) is 4.52. The van der Waals surface area contributed by atoms with Crippen LogP contribution in [0.1, 0.15) is 38.2 Å². The van der Waals surface area contributed by atoms with Gasteiger partial charge in [0.15, 0.2) is 0 Å². The summed E-state index contributed by atoms with van der Waals surface area (Å²) in [5.41, 5.74) is 1.29. The number of rotatable bonds is 4. The lowest BCUT2D eigenvalue weighted by atomic mass is 9.51. The number of halogens is 1. The second-order valence-corrected chi connectivity index (χ2v) is 6.93. The third kappa shape index (κ3) is 2.42. The molecule has 1 amide bonds. The Morgan fingerprint density at radius 2 is 2.29 bits per heavy atom. The molecule has 2 aliphatic carbocycles. The third-order valence-electron chi connectivity index (χ3n) is 5.72. The highest BCUT2D eigenvalue weighted by molar-refractivity contribution is 5.99. The number of hydrogen-bond acceptors (Lipinski definition) is 3. The van der Waals surface area contributed by atoms with Crippen molar-refractivity contribution in [2.24, 2.45) is 5.41 Å². The van der Waals surface area contributed by atoms with Crippen LogP contribution in [0.25, 0.3) is 6.08 Å². The zero-order valence-electron chi connectivity index (χ0n) is 13.8. The summed E-state index contributed by atoms with van der Waals surface area (Å²) in [4.78, 5) is 12.6. The van der Waals surface area contributed by atoms with Crippen molar-refractivity contribution in [3.05, 3.63) is 35.2 Å². The highest BCUT2D eigenvalue weighted by atomic mass is 19.1. The summed E-state index contributed by atoms with van der Waals surface area (Å²) in [5, 5.41) is 3.15. The largest absolute Gasteiger partial charge is 0.488 e. The monoisotopic (exact) mass is 331 g/mol. The summed E-state index contributed by atoms with van der Waals surface area (Å²) < 4.78 is 24.8. The first-order valence-electron chi connectivity index (χ1n) is 8.68. The molecule has 2 atom stereocenters. The van der Waals surface area contributed by atoms with Gasteiger partial charge in [-0.15, -0.1) is 0 Å². The van der Waals surface area contributed by atoms with Gasteiger partial charge in [-0.25, -0.2) is 4.39 Å². The van der Waals surface area contributed by atoms with Gasteiger partial charge in [-0.2, -0.15) is 0 Å². The van der Waals surface area contributed by atoms with Crippen molar-refractivity contribution in [3.63, 3.8) is 0 Å². The maximum Gasteiger partial charge on any atom is 0.250 e. The number of nitrogens with one attached hydrogen (secondary N) is 1. The Bertz CT molecular complexity index is 696. The van der Waals surface area contributed by atoms with Crippen molar-refractivity contribution in [1.82, 2.24) is 5.32 Å². The van der Waals surface area contributed by atoms with Gasteiger partial charge in [0.2, 0.25) is 0 Å². The van der Waals surface area contributed by atoms with E-state index in [4.69, 9.17) is 9.47 Å². The van der Waals surface area contributed by atoms with Crippen molar-refractivity contribution >= 4 is 12.0 Å². The quantitative estimate of drug-likeness (QED) is 0.922. The average Bonchev–Trinajstić information content (AvgIpc) is 2.51. The van der Waals surface area contributed by atoms with Crippen LogP contribution >= 0.6 is 0 Å². The van der Waals surface area contributed by atoms with Gasteiger partial charge in [0, 0.05) is 23.6 Å². The predicted molar refractivity (Wildman–Crippen MR) is 88.1 cm³/mol. The molecule has 3 aliphatic rings. The van der Waals surface area contributed by atoms with Crippen LogP contribution in [0.2, 0.25) is 0 Å². The van der Waals surface area contributed by atoms with E-state index >= 15 is 0 Å². The molecule has 2 unspecified atom stereocenters. The zero-order chi connectivity index (χ0) is 16.7. The zero-order valence-corrected chi connectivity index (χ0v) is 13.8. The number of amides is 1. The second-order valence-electron chi connectivity index (χ2n) is 6.93. The van der Waals surface area contributed by atoms with Crippen molar-refractivity contribution in [2.45, 2.75) is 44.8 Å². The molecule has 0 bridgehead atoms. The van der Waals surface area contributed by atoms with Gasteiger partial charge in [-0.1, -0.05) is 6.42 Å². The molecule has 2 saturated carbocycles. The maximum atomic E-state index is 13.4. The summed E-state index contributed by atoms with van der Waals surface area (Å²) in [6.45, 7) is 2.95. The molecule has 1 aromatic rings. The lowest BCUT2D eigenvalue weighted by Crippen LogP contribution is -2.67. The number of ether oxygens (including phenoxy) is 2. The molecule has 2 fully saturated rings. The normalized spacial score (nSPS) is 26.5. The van der Waals surface area contributed by atoms with Gasteiger partial charge in [-0.3, -0.25) is 4.79 Å². The molecular formula is C19H22FNO3. The van der Waals surface area contributed by atoms with Gasteiger partial charge in [0.1, 0.15) is 18.2 Å². The van der Waals surface area contributed by atoms with E-state index in [2.05, 4.69) is 5.32 Å². The molecule has 4 nitrogen and oxygen atoms in total. The minimum Gasteiger partial charge on any atom is -0.488 e. The minimum absolute atomic E-state index is 0.115. The molecule has 1 aromatic carbocycles. The number of carbonyl (C=O) groups is 1. The first-order valence-corrected chi connectivity index (χ1v) is 8.68. The van der Waals surface area contributed by atoms with E-state index in [9.17, 15) is 9.18 Å². The van der Waals surface area contributed by atoms with Crippen LogP contribution in [0, 0.1) is 11.2 Å². The van der Waals surface area contributed by atoms with E-state index in [1.807, 2.05) is 6.92 Å². The average molecular weight is 331 g/mol. The molecule has 1 N–H and O–H groups in total. The molecule has 0 aromatic heterocycles. The van der Waals surface area contributed by atoms with E-state index in [1.54, 1.807) is 12.1 Å². The highest BCUT2D eigenvalue weighted by Gasteiger charge is 2.59. The maximum absolute atomic E-state index is 13.4. The van der Waals surface area contributed by atoms with E-state index in [-0.39, 0.29) is 35.9 Å². The van der Waals surface area contributed by atoms with Crippen LogP contribution in [0.5, 0.6) is 5.75 Å². The first kappa shape index (κ1) is 15.6. The molecule has 1 aliphatic heterocycles. The molecule has 24 heavy (non-hydrogen) atoms. The van der Waals surface area contributed by atoms with Crippen LogP contribution in [0.15, 0.2) is 23.8 Å². The fourth-order valence-corrected chi connectivity index (χ4v) is 4.17. The standard InChI is InChI=1S/C19H22FNO3/c1-2-23-17-10-16(19(17)6-3-7-19)21-18(22)13-8-12-9-14(20)4-5-15(12)24-11-13/h4-5,8-9,16-17H,2-3,6-7,10-11H2,1H3,(H,21,22). The summed E-state index contributed by atoms with van der Waals surface area (Å²) >= 11 is 0. The molecule has 0 radical (unpaired) electrons. The minimum atomic E-state index is -0.331. The highest BCUT2D eigenvalue weighted by Crippen LogP contribution is 2.57. The topological polar surface area (TPSA) is 47.6 Å². The van der Waals surface area contributed by atoms with E-state index in [0.717, 1.165) is 19.3 Å². The summed E-state index contributed by atoms with van der Waals surface area (Å²) in [6.07, 6.45) is 6.31. The number of carbonyl (C=O) groups excluding carboxylic acids is 1. The third-order valence-corrected chi connectivity index (χ3v) is 5.72. The summed E-state index contributed by atoms with van der Waals surface area (Å²) in [7, 11) is 0. The lowest BCUT2D eigenvalue weighted by molar-refractivity contribution is -0.175. The first-order chi connectivity index (χ1) is 11.6. The van der Waals surface area contributed by atoms with Crippen molar-refractivity contribution in [2.75, 3.05) is 13.2 Å². The van der Waals surface area contributed by atoms with E-state index in [1.165, 1.54) is 18.6 Å². The Kier molecular flexibility index (Phi) is 3.83. The van der Waals surface area contributed by atoms with Crippen molar-refractivity contribution < 1.29 is 18.7 Å². The Labute approximate surface area is 141 Å². The van der Waals surface area contributed by atoms with Crippen LogP contribution in [0.4, 0.5) is 4.39 Å². The van der Waals surface area contributed by atoms with Crippen LogP contribution in [-0.2, 0) is 9.53 Å². The number of hydrogen-bond donors (Lipinski definition) is 1. The van der Waals surface area contributed by atoms with Gasteiger partial charge in [0.25, 0.3) is 5.91 Å². The Morgan fingerprint density at radius 1 is 1.46 bits per heavy atom. The molecule has 5 heteroatoms. The van der Waals surface area contributed by atoms with Crippen LogP contribution < -0.4 is 10.1 Å². The molecule has 128 valence electrons. The van der Waals surface area contributed by atoms with Crippen molar-refractivity contribution in [3.8, 4) is 5.75 Å².